The highest BCUT2D eigenvalue weighted by molar-refractivity contribution is 5.22. The van der Waals surface area contributed by atoms with Crippen LogP contribution in [0.2, 0.25) is 0 Å². The van der Waals surface area contributed by atoms with Crippen LogP contribution in [0.4, 0.5) is 0 Å². The third kappa shape index (κ3) is 1.71. The fourth-order valence-electron chi connectivity index (χ4n) is 1.19. The average molecular weight is 167 g/mol. The van der Waals surface area contributed by atoms with Gasteiger partial charge in [0.1, 0.15) is 0 Å². The number of aromatic nitrogens is 2. The standard InChI is InChI=1S/C8H13N3O/c1-5-7(4-9-3)6(2)11-8(12)10-5/h9H,4H2,1-3H3,(H,10,11,12). The molecule has 1 aromatic rings. The summed E-state index contributed by atoms with van der Waals surface area (Å²) < 4.78 is 0. The van der Waals surface area contributed by atoms with Crippen LogP contribution in [-0.4, -0.2) is 17.0 Å². The number of H-pyrrole nitrogens is 1. The van der Waals surface area contributed by atoms with E-state index in [1.165, 1.54) is 0 Å². The molecule has 4 heteroatoms. The van der Waals surface area contributed by atoms with Crippen LogP contribution in [0.15, 0.2) is 4.79 Å². The molecule has 0 spiro atoms. The van der Waals surface area contributed by atoms with Gasteiger partial charge in [0.15, 0.2) is 0 Å². The lowest BCUT2D eigenvalue weighted by atomic mass is 10.2. The molecule has 0 aliphatic rings. The largest absolute Gasteiger partial charge is 0.345 e. The van der Waals surface area contributed by atoms with Crippen LogP contribution in [0.5, 0.6) is 0 Å². The summed E-state index contributed by atoms with van der Waals surface area (Å²) in [5, 5.41) is 3.02. The number of hydrogen-bond donors (Lipinski definition) is 2. The van der Waals surface area contributed by atoms with Gasteiger partial charge in [0.2, 0.25) is 0 Å². The Bertz CT molecular complexity index is 303. The zero-order chi connectivity index (χ0) is 9.14. The van der Waals surface area contributed by atoms with Crippen LogP contribution >= 0.6 is 0 Å². The van der Waals surface area contributed by atoms with Crippen LogP contribution in [0.3, 0.4) is 0 Å². The van der Waals surface area contributed by atoms with Gasteiger partial charge in [0, 0.05) is 23.5 Å². The first kappa shape index (κ1) is 8.93. The van der Waals surface area contributed by atoms with E-state index in [2.05, 4.69) is 15.3 Å². The smallest absolute Gasteiger partial charge is 0.316 e. The highest BCUT2D eigenvalue weighted by atomic mass is 16.1. The van der Waals surface area contributed by atoms with Crippen molar-refractivity contribution in [3.05, 3.63) is 27.4 Å². The fourth-order valence-corrected chi connectivity index (χ4v) is 1.19. The Morgan fingerprint density at radius 1 is 1.50 bits per heavy atom. The Balaban J connectivity index is 3.18. The van der Waals surface area contributed by atoms with Crippen molar-refractivity contribution in [2.24, 2.45) is 0 Å². The van der Waals surface area contributed by atoms with Crippen LogP contribution in [0.1, 0.15) is 17.0 Å². The van der Waals surface area contributed by atoms with Crippen molar-refractivity contribution in [1.82, 2.24) is 15.3 Å². The van der Waals surface area contributed by atoms with Crippen molar-refractivity contribution in [3.63, 3.8) is 0 Å². The van der Waals surface area contributed by atoms with Crippen LogP contribution in [0.25, 0.3) is 0 Å². The predicted octanol–water partition coefficient (Wildman–Crippen LogP) is 0.106. The van der Waals surface area contributed by atoms with Gasteiger partial charge >= 0.3 is 5.69 Å². The van der Waals surface area contributed by atoms with E-state index in [1.807, 2.05) is 20.9 Å². The predicted molar refractivity (Wildman–Crippen MR) is 47.1 cm³/mol. The highest BCUT2D eigenvalue weighted by Crippen LogP contribution is 2.04. The molecule has 0 aromatic carbocycles. The fraction of sp³-hybridized carbons (Fsp3) is 0.500. The normalized spacial score (nSPS) is 10.2. The van der Waals surface area contributed by atoms with E-state index in [-0.39, 0.29) is 5.69 Å². The topological polar surface area (TPSA) is 57.8 Å². The van der Waals surface area contributed by atoms with Crippen molar-refractivity contribution in [2.75, 3.05) is 7.05 Å². The SMILES string of the molecule is CNCc1c(C)nc(=O)[nH]c1C. The number of nitrogens with one attached hydrogen (secondary N) is 2. The Hall–Kier alpha value is -1.16. The van der Waals surface area contributed by atoms with Gasteiger partial charge in [-0.25, -0.2) is 4.79 Å². The van der Waals surface area contributed by atoms with Crippen LogP contribution in [0, 0.1) is 13.8 Å². The average Bonchev–Trinajstić information content (AvgIpc) is 1.96. The first-order valence-corrected chi connectivity index (χ1v) is 3.86. The van der Waals surface area contributed by atoms with Gasteiger partial charge in [0.25, 0.3) is 0 Å². The third-order valence-corrected chi connectivity index (χ3v) is 1.81. The van der Waals surface area contributed by atoms with Crippen molar-refractivity contribution < 1.29 is 0 Å². The van der Waals surface area contributed by atoms with E-state index < -0.39 is 0 Å². The minimum absolute atomic E-state index is 0.273. The second-order valence-electron chi connectivity index (χ2n) is 2.76. The minimum atomic E-state index is -0.273. The molecule has 0 saturated carbocycles. The summed E-state index contributed by atoms with van der Waals surface area (Å²) in [6, 6.07) is 0. The van der Waals surface area contributed by atoms with Gasteiger partial charge in [0.05, 0.1) is 0 Å². The maximum absolute atomic E-state index is 10.9. The summed E-state index contributed by atoms with van der Waals surface area (Å²) in [6.45, 7) is 4.46. The Morgan fingerprint density at radius 2 is 2.17 bits per heavy atom. The number of hydrogen-bond acceptors (Lipinski definition) is 3. The van der Waals surface area contributed by atoms with Crippen LogP contribution in [-0.2, 0) is 6.54 Å². The first-order chi connectivity index (χ1) is 5.65. The van der Waals surface area contributed by atoms with Gasteiger partial charge in [-0.2, -0.15) is 4.98 Å². The molecular formula is C8H13N3O. The van der Waals surface area contributed by atoms with Gasteiger partial charge in [-0.1, -0.05) is 0 Å². The summed E-state index contributed by atoms with van der Waals surface area (Å²) in [7, 11) is 1.87. The lowest BCUT2D eigenvalue weighted by Gasteiger charge is -2.06. The molecule has 0 atom stereocenters. The van der Waals surface area contributed by atoms with Crippen LogP contribution < -0.4 is 11.0 Å². The maximum Gasteiger partial charge on any atom is 0.345 e. The first-order valence-electron chi connectivity index (χ1n) is 3.86. The second-order valence-corrected chi connectivity index (χ2v) is 2.76. The van der Waals surface area contributed by atoms with E-state index >= 15 is 0 Å². The molecule has 1 heterocycles. The Kier molecular flexibility index (Phi) is 2.60. The Labute approximate surface area is 71.0 Å². The monoisotopic (exact) mass is 167 g/mol. The van der Waals surface area contributed by atoms with E-state index in [0.29, 0.717) is 0 Å². The van der Waals surface area contributed by atoms with Gasteiger partial charge in [-0.05, 0) is 20.9 Å². The molecule has 0 unspecified atom stereocenters. The van der Waals surface area contributed by atoms with Crippen molar-refractivity contribution in [3.8, 4) is 0 Å². The van der Waals surface area contributed by atoms with E-state index in [4.69, 9.17) is 0 Å². The molecule has 0 saturated heterocycles. The molecule has 2 N–H and O–H groups in total. The van der Waals surface area contributed by atoms with Crippen molar-refractivity contribution in [1.29, 1.82) is 0 Å². The lowest BCUT2D eigenvalue weighted by Crippen LogP contribution is -2.18. The van der Waals surface area contributed by atoms with Gasteiger partial charge in [-0.15, -0.1) is 0 Å². The van der Waals surface area contributed by atoms with Crippen molar-refractivity contribution >= 4 is 0 Å². The molecule has 0 aliphatic heterocycles. The summed E-state index contributed by atoms with van der Waals surface area (Å²) in [6.07, 6.45) is 0. The number of aryl methyl sites for hydroxylation is 2. The Morgan fingerprint density at radius 3 is 2.67 bits per heavy atom. The van der Waals surface area contributed by atoms with E-state index in [0.717, 1.165) is 23.5 Å². The van der Waals surface area contributed by atoms with Gasteiger partial charge < -0.3 is 10.3 Å². The molecular weight excluding hydrogens is 154 g/mol. The number of nitrogens with zero attached hydrogens (tertiary/aromatic N) is 1. The molecule has 1 rings (SSSR count). The second kappa shape index (κ2) is 3.49. The maximum atomic E-state index is 10.9. The lowest BCUT2D eigenvalue weighted by molar-refractivity contribution is 0.779. The zero-order valence-electron chi connectivity index (χ0n) is 7.56. The number of rotatable bonds is 2. The third-order valence-electron chi connectivity index (χ3n) is 1.81. The molecule has 0 aliphatic carbocycles. The molecule has 0 amide bonds. The molecule has 0 bridgehead atoms. The molecule has 0 fully saturated rings. The molecule has 66 valence electrons. The quantitative estimate of drug-likeness (QED) is 0.657. The zero-order valence-corrected chi connectivity index (χ0v) is 7.56. The summed E-state index contributed by atoms with van der Waals surface area (Å²) in [4.78, 5) is 17.3. The van der Waals surface area contributed by atoms with Crippen molar-refractivity contribution in [2.45, 2.75) is 20.4 Å². The molecule has 4 nitrogen and oxygen atoms in total. The molecule has 12 heavy (non-hydrogen) atoms. The summed E-state index contributed by atoms with van der Waals surface area (Å²) in [5.74, 6) is 0. The number of aromatic amines is 1. The molecule has 0 radical (unpaired) electrons. The van der Waals surface area contributed by atoms with Gasteiger partial charge in [-0.3, -0.25) is 0 Å². The van der Waals surface area contributed by atoms with E-state index in [1.54, 1.807) is 0 Å². The molecule has 1 aromatic heterocycles. The minimum Gasteiger partial charge on any atom is -0.316 e. The highest BCUT2D eigenvalue weighted by Gasteiger charge is 2.03. The summed E-state index contributed by atoms with van der Waals surface area (Å²) >= 11 is 0. The van der Waals surface area contributed by atoms with E-state index in [9.17, 15) is 4.79 Å². The summed E-state index contributed by atoms with van der Waals surface area (Å²) in [5.41, 5.74) is 2.48.